The van der Waals surface area contributed by atoms with E-state index < -0.39 is 11.5 Å². The molecular weight excluding hydrogens is 515 g/mol. The Hall–Kier alpha value is -3.75. The molecule has 9 heteroatoms. The van der Waals surface area contributed by atoms with Crippen molar-refractivity contribution >= 4 is 23.8 Å². The number of halogens is 1. The highest BCUT2D eigenvalue weighted by atomic mass is 19.1. The number of nitrogens with one attached hydrogen (secondary N) is 1. The second-order valence-corrected chi connectivity index (χ2v) is 11.5. The Bertz CT molecular complexity index is 1270. The zero-order valence-corrected chi connectivity index (χ0v) is 23.1. The van der Waals surface area contributed by atoms with E-state index in [0.717, 1.165) is 29.5 Å². The molecule has 8 nitrogen and oxygen atoms in total. The molecule has 0 bridgehead atoms. The molecule has 2 amide bonds. The maximum absolute atomic E-state index is 13.9. The fourth-order valence-corrected chi connectivity index (χ4v) is 5.40. The van der Waals surface area contributed by atoms with Gasteiger partial charge in [0, 0.05) is 32.4 Å². The Labute approximate surface area is 233 Å². The Kier molecular flexibility index (Phi) is 9.22. The lowest BCUT2D eigenvalue weighted by Crippen LogP contribution is -2.50. The van der Waals surface area contributed by atoms with E-state index in [-0.39, 0.29) is 54.9 Å². The van der Waals surface area contributed by atoms with Crippen molar-refractivity contribution in [2.45, 2.75) is 83.4 Å². The number of carbonyl (C=O) groups excluding carboxylic acids is 3. The lowest BCUT2D eigenvalue weighted by molar-refractivity contribution is -0.146. The molecule has 1 aliphatic heterocycles. The van der Waals surface area contributed by atoms with Crippen LogP contribution in [0.5, 0.6) is 0 Å². The van der Waals surface area contributed by atoms with Crippen molar-refractivity contribution in [1.82, 2.24) is 10.2 Å². The van der Waals surface area contributed by atoms with Gasteiger partial charge in [0.1, 0.15) is 23.2 Å². The molecule has 1 heterocycles. The molecule has 2 aromatic rings. The highest BCUT2D eigenvalue weighted by molar-refractivity contribution is 5.86. The summed E-state index contributed by atoms with van der Waals surface area (Å²) in [6.45, 7) is 3.87. The zero-order chi connectivity index (χ0) is 28.9. The number of hydrogen-bond donors (Lipinski definition) is 2. The van der Waals surface area contributed by atoms with Crippen LogP contribution in [0.3, 0.4) is 0 Å². The first-order chi connectivity index (χ1) is 19.0. The summed E-state index contributed by atoms with van der Waals surface area (Å²) < 4.78 is 19.7. The van der Waals surface area contributed by atoms with E-state index in [2.05, 4.69) is 5.32 Å². The minimum atomic E-state index is -1.31. The van der Waals surface area contributed by atoms with Crippen LogP contribution in [0.2, 0.25) is 0 Å². The SMILES string of the molecule is CC(C)(NC(=O)CC1CCC(OC(=O)N2CCc3cc(CC(=O)Cc4ccccc4F)ccc3C2)CC1)C(=O)O. The van der Waals surface area contributed by atoms with E-state index in [4.69, 9.17) is 4.74 Å². The van der Waals surface area contributed by atoms with E-state index >= 15 is 0 Å². The average Bonchev–Trinajstić information content (AvgIpc) is 2.90. The van der Waals surface area contributed by atoms with Crippen molar-refractivity contribution in [2.24, 2.45) is 5.92 Å². The third kappa shape index (κ3) is 7.67. The van der Waals surface area contributed by atoms with Gasteiger partial charge in [0.05, 0.1) is 0 Å². The Balaban J connectivity index is 1.22. The lowest BCUT2D eigenvalue weighted by Gasteiger charge is -2.33. The van der Waals surface area contributed by atoms with E-state index in [1.165, 1.54) is 19.9 Å². The predicted molar refractivity (Wildman–Crippen MR) is 146 cm³/mol. The number of aliphatic carboxylic acids is 1. The number of Topliss-reactive ketones (excluding diaryl/α,β-unsaturated/α-hetero) is 1. The Morgan fingerprint density at radius 1 is 1.02 bits per heavy atom. The maximum atomic E-state index is 13.9. The first-order valence-electron chi connectivity index (χ1n) is 13.9. The second kappa shape index (κ2) is 12.6. The molecule has 0 spiro atoms. The summed E-state index contributed by atoms with van der Waals surface area (Å²) in [4.78, 5) is 50.6. The summed E-state index contributed by atoms with van der Waals surface area (Å²) in [5.74, 6) is -1.65. The van der Waals surface area contributed by atoms with Gasteiger partial charge in [-0.1, -0.05) is 36.4 Å². The zero-order valence-electron chi connectivity index (χ0n) is 23.1. The number of benzene rings is 2. The molecule has 0 saturated heterocycles. The molecule has 1 saturated carbocycles. The number of amides is 2. The molecule has 2 aliphatic rings. The van der Waals surface area contributed by atoms with Gasteiger partial charge in [-0.05, 0) is 80.2 Å². The van der Waals surface area contributed by atoms with Gasteiger partial charge in [-0.15, -0.1) is 0 Å². The van der Waals surface area contributed by atoms with E-state index in [0.29, 0.717) is 37.9 Å². The molecule has 0 unspecified atom stereocenters. The molecule has 2 aromatic carbocycles. The van der Waals surface area contributed by atoms with Gasteiger partial charge in [0.15, 0.2) is 0 Å². The lowest BCUT2D eigenvalue weighted by atomic mass is 9.85. The molecule has 1 fully saturated rings. The number of hydrogen-bond acceptors (Lipinski definition) is 5. The van der Waals surface area contributed by atoms with Crippen LogP contribution < -0.4 is 5.32 Å². The van der Waals surface area contributed by atoms with Gasteiger partial charge in [0.2, 0.25) is 5.91 Å². The van der Waals surface area contributed by atoms with E-state index in [1.54, 1.807) is 23.1 Å². The number of ether oxygens (including phenoxy) is 1. The van der Waals surface area contributed by atoms with Crippen LogP contribution in [-0.2, 0) is 44.9 Å². The van der Waals surface area contributed by atoms with Gasteiger partial charge >= 0.3 is 12.1 Å². The third-order valence-corrected chi connectivity index (χ3v) is 7.81. The second-order valence-electron chi connectivity index (χ2n) is 11.5. The van der Waals surface area contributed by atoms with Crippen molar-refractivity contribution < 1.29 is 33.4 Å². The van der Waals surface area contributed by atoms with Crippen LogP contribution >= 0.6 is 0 Å². The van der Waals surface area contributed by atoms with Crippen LogP contribution in [0, 0.1) is 11.7 Å². The summed E-state index contributed by atoms with van der Waals surface area (Å²) >= 11 is 0. The standard InChI is InChI=1S/C31H37FN2O6/c1-31(2,29(37)38)33-28(36)17-20-8-11-26(12-9-20)40-30(39)34-14-13-22-15-21(7-10-24(22)19-34)16-25(35)18-23-5-3-4-6-27(23)32/h3-7,10,15,20,26H,8-9,11-14,16-19H2,1-2H3,(H,33,36)(H,37,38). The fraction of sp³-hybridized carbons (Fsp3) is 0.484. The van der Waals surface area contributed by atoms with Crippen molar-refractivity contribution in [3.05, 3.63) is 70.5 Å². The Morgan fingerprint density at radius 3 is 2.45 bits per heavy atom. The number of carboxylic acid groups (broad SMARTS) is 1. The first-order valence-corrected chi connectivity index (χ1v) is 13.9. The van der Waals surface area contributed by atoms with Crippen molar-refractivity contribution in [3.8, 4) is 0 Å². The molecule has 214 valence electrons. The largest absolute Gasteiger partial charge is 0.480 e. The van der Waals surface area contributed by atoms with Crippen molar-refractivity contribution in [3.63, 3.8) is 0 Å². The van der Waals surface area contributed by atoms with Crippen LogP contribution in [0.4, 0.5) is 9.18 Å². The summed E-state index contributed by atoms with van der Waals surface area (Å²) in [5, 5.41) is 11.7. The number of ketones is 1. The predicted octanol–water partition coefficient (Wildman–Crippen LogP) is 4.60. The molecule has 4 rings (SSSR count). The van der Waals surface area contributed by atoms with Crippen molar-refractivity contribution in [1.29, 1.82) is 0 Å². The highest BCUT2D eigenvalue weighted by Crippen LogP contribution is 2.30. The molecular formula is C31H37FN2O6. The molecule has 0 atom stereocenters. The van der Waals surface area contributed by atoms with Crippen molar-refractivity contribution in [2.75, 3.05) is 6.54 Å². The summed E-state index contributed by atoms with van der Waals surface area (Å²) in [6.07, 6.45) is 3.47. The van der Waals surface area contributed by atoms with Gasteiger partial charge < -0.3 is 20.1 Å². The Morgan fingerprint density at radius 2 is 1.75 bits per heavy atom. The smallest absolute Gasteiger partial charge is 0.410 e. The molecule has 0 aromatic heterocycles. The molecule has 0 radical (unpaired) electrons. The quantitative estimate of drug-likeness (QED) is 0.470. The van der Waals surface area contributed by atoms with Gasteiger partial charge in [-0.3, -0.25) is 9.59 Å². The van der Waals surface area contributed by atoms with E-state index in [9.17, 15) is 28.7 Å². The number of rotatable bonds is 9. The van der Waals surface area contributed by atoms with E-state index in [1.807, 2.05) is 18.2 Å². The normalized spacial score (nSPS) is 18.9. The van der Waals surface area contributed by atoms with Crippen LogP contribution in [0.15, 0.2) is 42.5 Å². The molecule has 40 heavy (non-hydrogen) atoms. The maximum Gasteiger partial charge on any atom is 0.410 e. The van der Waals surface area contributed by atoms with Gasteiger partial charge in [0.25, 0.3) is 0 Å². The molecule has 2 N–H and O–H groups in total. The summed E-state index contributed by atoms with van der Waals surface area (Å²) in [7, 11) is 0. The minimum Gasteiger partial charge on any atom is -0.480 e. The van der Waals surface area contributed by atoms with Crippen LogP contribution in [-0.4, -0.2) is 51.9 Å². The topological polar surface area (TPSA) is 113 Å². The monoisotopic (exact) mass is 552 g/mol. The van der Waals surface area contributed by atoms with Crippen LogP contribution in [0.1, 0.15) is 68.2 Å². The number of nitrogens with zero attached hydrogens (tertiary/aromatic N) is 1. The number of fused-ring (bicyclic) bond motifs is 1. The van der Waals surface area contributed by atoms with Crippen LogP contribution in [0.25, 0.3) is 0 Å². The van der Waals surface area contributed by atoms with Gasteiger partial charge in [-0.2, -0.15) is 0 Å². The minimum absolute atomic E-state index is 0.0505. The fourth-order valence-electron chi connectivity index (χ4n) is 5.40. The average molecular weight is 553 g/mol. The third-order valence-electron chi connectivity index (χ3n) is 7.81. The summed E-state index contributed by atoms with van der Waals surface area (Å²) in [5.41, 5.74) is 2.10. The number of carboxylic acids is 1. The molecule has 1 aliphatic carbocycles. The summed E-state index contributed by atoms with van der Waals surface area (Å²) in [6, 6.07) is 12.2. The first kappa shape index (κ1) is 29.2. The van der Waals surface area contributed by atoms with Gasteiger partial charge in [-0.25, -0.2) is 14.0 Å². The highest BCUT2D eigenvalue weighted by Gasteiger charge is 2.32. The number of carbonyl (C=O) groups is 4.